The number of carbonyl (C=O) groups is 1. The van der Waals surface area contributed by atoms with Gasteiger partial charge in [0.05, 0.1) is 6.04 Å². The third kappa shape index (κ3) is 5.04. The highest BCUT2D eigenvalue weighted by molar-refractivity contribution is 7.15. The largest absolute Gasteiger partial charge is 0.306 e. The SMILES string of the molecule is CCCCc1nnc(NC(=O)C2CCCCN2)s1.Cl. The Morgan fingerprint density at radius 1 is 1.47 bits per heavy atom. The zero-order valence-corrected chi connectivity index (χ0v) is 12.8. The van der Waals surface area contributed by atoms with Gasteiger partial charge in [-0.1, -0.05) is 31.1 Å². The number of nitrogens with zero attached hydrogens (tertiary/aromatic N) is 2. The van der Waals surface area contributed by atoms with Gasteiger partial charge in [0.2, 0.25) is 11.0 Å². The van der Waals surface area contributed by atoms with Crippen LogP contribution in [-0.4, -0.2) is 28.7 Å². The first-order valence-electron chi connectivity index (χ1n) is 6.66. The maximum absolute atomic E-state index is 12.0. The van der Waals surface area contributed by atoms with Gasteiger partial charge in [0.1, 0.15) is 5.01 Å². The first-order valence-corrected chi connectivity index (χ1v) is 7.48. The molecule has 7 heteroatoms. The Balaban J connectivity index is 0.00000180. The van der Waals surface area contributed by atoms with Crippen LogP contribution in [-0.2, 0) is 11.2 Å². The first-order chi connectivity index (χ1) is 8.79. The van der Waals surface area contributed by atoms with Gasteiger partial charge in [-0.15, -0.1) is 22.6 Å². The zero-order valence-electron chi connectivity index (χ0n) is 11.1. The van der Waals surface area contributed by atoms with Crippen LogP contribution in [0.1, 0.15) is 44.0 Å². The van der Waals surface area contributed by atoms with Crippen LogP contribution in [0.3, 0.4) is 0 Å². The topological polar surface area (TPSA) is 66.9 Å². The minimum atomic E-state index is -0.0678. The van der Waals surface area contributed by atoms with Crippen molar-refractivity contribution in [1.82, 2.24) is 15.5 Å². The molecule has 1 aliphatic heterocycles. The van der Waals surface area contributed by atoms with Crippen LogP contribution in [0.4, 0.5) is 5.13 Å². The van der Waals surface area contributed by atoms with Crippen LogP contribution in [0, 0.1) is 0 Å². The van der Waals surface area contributed by atoms with E-state index in [0.717, 1.165) is 50.1 Å². The van der Waals surface area contributed by atoms with Crippen molar-refractivity contribution >= 4 is 34.8 Å². The van der Waals surface area contributed by atoms with Crippen LogP contribution in [0.15, 0.2) is 0 Å². The molecular formula is C12H21ClN4OS. The van der Waals surface area contributed by atoms with E-state index in [2.05, 4.69) is 27.8 Å². The van der Waals surface area contributed by atoms with Crippen LogP contribution >= 0.6 is 23.7 Å². The lowest BCUT2D eigenvalue weighted by molar-refractivity contribution is -0.118. The van der Waals surface area contributed by atoms with Gasteiger partial charge < -0.3 is 5.32 Å². The molecule has 1 fully saturated rings. The van der Waals surface area contributed by atoms with Crippen LogP contribution in [0.25, 0.3) is 0 Å². The zero-order chi connectivity index (χ0) is 12.8. The minimum absolute atomic E-state index is 0. The fourth-order valence-corrected chi connectivity index (χ4v) is 2.79. The Bertz CT molecular complexity index is 393. The maximum Gasteiger partial charge on any atom is 0.243 e. The number of unbranched alkanes of at least 4 members (excludes halogenated alkanes) is 1. The molecular weight excluding hydrogens is 284 g/mol. The van der Waals surface area contributed by atoms with Crippen molar-refractivity contribution in [2.24, 2.45) is 0 Å². The smallest absolute Gasteiger partial charge is 0.243 e. The lowest BCUT2D eigenvalue weighted by Crippen LogP contribution is -2.43. The number of rotatable bonds is 5. The van der Waals surface area contributed by atoms with E-state index < -0.39 is 0 Å². The number of halogens is 1. The van der Waals surface area contributed by atoms with Crippen molar-refractivity contribution in [3.63, 3.8) is 0 Å². The number of aromatic nitrogens is 2. The van der Waals surface area contributed by atoms with Gasteiger partial charge in [-0.3, -0.25) is 10.1 Å². The molecule has 1 aromatic rings. The molecule has 19 heavy (non-hydrogen) atoms. The fraction of sp³-hybridized carbons (Fsp3) is 0.750. The summed E-state index contributed by atoms with van der Waals surface area (Å²) in [6.45, 7) is 3.08. The Morgan fingerprint density at radius 3 is 3.00 bits per heavy atom. The highest BCUT2D eigenvalue weighted by Gasteiger charge is 2.21. The van der Waals surface area contributed by atoms with E-state index in [1.54, 1.807) is 0 Å². The Kier molecular flexibility index (Phi) is 7.27. The van der Waals surface area contributed by atoms with Gasteiger partial charge in [0.25, 0.3) is 0 Å². The van der Waals surface area contributed by atoms with Gasteiger partial charge in [-0.05, 0) is 25.8 Å². The van der Waals surface area contributed by atoms with E-state index in [0.29, 0.717) is 5.13 Å². The molecule has 108 valence electrons. The molecule has 0 aromatic carbocycles. The maximum atomic E-state index is 12.0. The summed E-state index contributed by atoms with van der Waals surface area (Å²) >= 11 is 1.48. The third-order valence-electron chi connectivity index (χ3n) is 3.07. The molecule has 2 rings (SSSR count). The lowest BCUT2D eigenvalue weighted by atomic mass is 10.0. The van der Waals surface area contributed by atoms with Gasteiger partial charge in [0, 0.05) is 6.42 Å². The quantitative estimate of drug-likeness (QED) is 0.876. The predicted molar refractivity (Wildman–Crippen MR) is 80.0 cm³/mol. The summed E-state index contributed by atoms with van der Waals surface area (Å²) in [5, 5.41) is 15.8. The number of hydrogen-bond donors (Lipinski definition) is 2. The van der Waals surface area contributed by atoms with Crippen molar-refractivity contribution in [1.29, 1.82) is 0 Å². The van der Waals surface area contributed by atoms with E-state index in [1.807, 2.05) is 0 Å². The van der Waals surface area contributed by atoms with E-state index in [-0.39, 0.29) is 24.4 Å². The fourth-order valence-electron chi connectivity index (χ4n) is 2.00. The molecule has 1 amide bonds. The number of anilines is 1. The molecule has 2 heterocycles. The average molecular weight is 305 g/mol. The van der Waals surface area contributed by atoms with Crippen LogP contribution in [0.5, 0.6) is 0 Å². The van der Waals surface area contributed by atoms with Crippen LogP contribution < -0.4 is 10.6 Å². The Hall–Kier alpha value is -0.720. The average Bonchev–Trinajstić information content (AvgIpc) is 2.85. The second-order valence-corrected chi connectivity index (χ2v) is 5.66. The minimum Gasteiger partial charge on any atom is -0.306 e. The molecule has 0 bridgehead atoms. The summed E-state index contributed by atoms with van der Waals surface area (Å²) in [7, 11) is 0. The Morgan fingerprint density at radius 2 is 2.32 bits per heavy atom. The van der Waals surface area contributed by atoms with Crippen molar-refractivity contribution in [2.75, 3.05) is 11.9 Å². The van der Waals surface area contributed by atoms with Crippen molar-refractivity contribution in [3.05, 3.63) is 5.01 Å². The number of aryl methyl sites for hydroxylation is 1. The van der Waals surface area contributed by atoms with Crippen LogP contribution in [0.2, 0.25) is 0 Å². The second-order valence-electron chi connectivity index (χ2n) is 4.60. The van der Waals surface area contributed by atoms with E-state index in [1.165, 1.54) is 11.3 Å². The summed E-state index contributed by atoms with van der Waals surface area (Å²) in [6.07, 6.45) is 6.39. The highest BCUT2D eigenvalue weighted by atomic mass is 35.5. The molecule has 1 aliphatic rings. The monoisotopic (exact) mass is 304 g/mol. The molecule has 1 saturated heterocycles. The number of hydrogen-bond acceptors (Lipinski definition) is 5. The van der Waals surface area contributed by atoms with Crippen molar-refractivity contribution in [3.8, 4) is 0 Å². The molecule has 1 atom stereocenters. The van der Waals surface area contributed by atoms with E-state index in [4.69, 9.17) is 0 Å². The van der Waals surface area contributed by atoms with Gasteiger partial charge in [-0.2, -0.15) is 0 Å². The highest BCUT2D eigenvalue weighted by Crippen LogP contribution is 2.18. The summed E-state index contributed by atoms with van der Waals surface area (Å²) < 4.78 is 0. The van der Waals surface area contributed by atoms with E-state index in [9.17, 15) is 4.79 Å². The summed E-state index contributed by atoms with van der Waals surface area (Å²) in [6, 6.07) is -0.0678. The molecule has 5 nitrogen and oxygen atoms in total. The summed E-state index contributed by atoms with van der Waals surface area (Å²) in [4.78, 5) is 12.0. The van der Waals surface area contributed by atoms with Gasteiger partial charge >= 0.3 is 0 Å². The first kappa shape index (κ1) is 16.3. The van der Waals surface area contributed by atoms with Gasteiger partial charge in [-0.25, -0.2) is 0 Å². The molecule has 0 saturated carbocycles. The van der Waals surface area contributed by atoms with Crippen molar-refractivity contribution in [2.45, 2.75) is 51.5 Å². The van der Waals surface area contributed by atoms with E-state index >= 15 is 0 Å². The number of carbonyl (C=O) groups excluding carboxylic acids is 1. The van der Waals surface area contributed by atoms with Gasteiger partial charge in [0.15, 0.2) is 0 Å². The molecule has 1 unspecified atom stereocenters. The number of nitrogens with one attached hydrogen (secondary N) is 2. The predicted octanol–water partition coefficient (Wildman–Crippen LogP) is 2.38. The normalized spacial score (nSPS) is 18.7. The number of piperidine rings is 1. The summed E-state index contributed by atoms with van der Waals surface area (Å²) in [5.41, 5.74) is 0. The molecule has 0 aliphatic carbocycles. The molecule has 1 aromatic heterocycles. The standard InChI is InChI=1S/C12H20N4OS.ClH/c1-2-3-7-10-15-16-12(18-10)14-11(17)9-6-4-5-8-13-9;/h9,13H,2-8H2,1H3,(H,14,16,17);1H. The molecule has 0 spiro atoms. The third-order valence-corrected chi connectivity index (χ3v) is 3.97. The lowest BCUT2D eigenvalue weighted by Gasteiger charge is -2.21. The summed E-state index contributed by atoms with van der Waals surface area (Å²) in [5.74, 6) is 0.0212. The second kappa shape index (κ2) is 8.45. The number of amides is 1. The molecule has 2 N–H and O–H groups in total. The molecule has 0 radical (unpaired) electrons. The van der Waals surface area contributed by atoms with Crippen molar-refractivity contribution < 1.29 is 4.79 Å². The Labute approximate surface area is 124 Å².